The van der Waals surface area contributed by atoms with Gasteiger partial charge in [-0.2, -0.15) is 0 Å². The Labute approximate surface area is 191 Å². The van der Waals surface area contributed by atoms with Crippen LogP contribution in [-0.2, 0) is 19.1 Å². The van der Waals surface area contributed by atoms with E-state index in [1.54, 1.807) is 0 Å². The minimum atomic E-state index is -0.288. The standard InChI is InChI=1S/C22H42O4.Na.H/c1-3-5-7-9-11-13-15-19-25-21(23)17-18-22(24)26-20-16-14-12-10-8-6-4-2;;/h3-20H2,1-2H3;;/q;+1;-1. The van der Waals surface area contributed by atoms with Gasteiger partial charge >= 0.3 is 41.5 Å². The van der Waals surface area contributed by atoms with Gasteiger partial charge in [0.25, 0.3) is 0 Å². The molecule has 0 aliphatic heterocycles. The molecule has 0 amide bonds. The van der Waals surface area contributed by atoms with Crippen LogP contribution in [0.5, 0.6) is 0 Å². The molecule has 0 atom stereocenters. The third kappa shape index (κ3) is 23.9. The summed E-state index contributed by atoms with van der Waals surface area (Å²) in [7, 11) is 0. The van der Waals surface area contributed by atoms with Crippen LogP contribution in [0.3, 0.4) is 0 Å². The summed E-state index contributed by atoms with van der Waals surface area (Å²) in [6, 6.07) is 0. The third-order valence-electron chi connectivity index (χ3n) is 4.56. The number of hydrogen-bond donors (Lipinski definition) is 0. The Kier molecular flexibility index (Phi) is 25.9. The zero-order valence-electron chi connectivity index (χ0n) is 19.4. The van der Waals surface area contributed by atoms with Crippen molar-refractivity contribution < 1.29 is 50.0 Å². The van der Waals surface area contributed by atoms with Gasteiger partial charge in [-0.3, -0.25) is 9.59 Å². The number of ether oxygens (including phenoxy) is 2. The van der Waals surface area contributed by atoms with Crippen LogP contribution in [0.1, 0.15) is 118 Å². The number of unbranched alkanes of at least 4 members (excludes halogenated alkanes) is 12. The van der Waals surface area contributed by atoms with Crippen molar-refractivity contribution in [2.45, 2.75) is 117 Å². The summed E-state index contributed by atoms with van der Waals surface area (Å²) in [4.78, 5) is 23.2. The largest absolute Gasteiger partial charge is 1.00 e. The summed E-state index contributed by atoms with van der Waals surface area (Å²) in [5.41, 5.74) is 0. The van der Waals surface area contributed by atoms with Crippen molar-refractivity contribution in [3.8, 4) is 0 Å². The maximum Gasteiger partial charge on any atom is 1.00 e. The summed E-state index contributed by atoms with van der Waals surface area (Å²) in [6.07, 6.45) is 17.0. The van der Waals surface area contributed by atoms with Crippen molar-refractivity contribution in [1.82, 2.24) is 0 Å². The SMILES string of the molecule is CCCCCCCCCOC(=O)CCC(=O)OCCCCCCCCC.[H-].[Na+]. The Balaban J connectivity index is -0.00000312. The van der Waals surface area contributed by atoms with Crippen molar-refractivity contribution >= 4 is 11.9 Å². The van der Waals surface area contributed by atoms with Crippen molar-refractivity contribution in [2.75, 3.05) is 13.2 Å². The van der Waals surface area contributed by atoms with E-state index in [4.69, 9.17) is 9.47 Å². The fourth-order valence-corrected chi connectivity index (χ4v) is 2.84. The number of esters is 2. The Morgan fingerprint density at radius 3 is 1.19 bits per heavy atom. The fourth-order valence-electron chi connectivity index (χ4n) is 2.84. The molecule has 0 aromatic carbocycles. The number of carbonyl (C=O) groups is 2. The van der Waals surface area contributed by atoms with E-state index >= 15 is 0 Å². The Bertz CT molecular complexity index is 308. The predicted octanol–water partition coefficient (Wildman–Crippen LogP) is 3.47. The van der Waals surface area contributed by atoms with Gasteiger partial charge in [0.1, 0.15) is 0 Å². The molecule has 0 unspecified atom stereocenters. The average Bonchev–Trinajstić information content (AvgIpc) is 2.64. The first-order valence-electron chi connectivity index (χ1n) is 11.0. The van der Waals surface area contributed by atoms with Gasteiger partial charge in [-0.1, -0.05) is 90.9 Å². The maximum absolute atomic E-state index is 11.6. The summed E-state index contributed by atoms with van der Waals surface area (Å²) < 4.78 is 10.3. The van der Waals surface area contributed by atoms with Crippen LogP contribution in [-0.4, -0.2) is 25.2 Å². The van der Waals surface area contributed by atoms with Gasteiger partial charge in [0.2, 0.25) is 0 Å². The van der Waals surface area contributed by atoms with Gasteiger partial charge in [-0.25, -0.2) is 0 Å². The minimum absolute atomic E-state index is 0. The van der Waals surface area contributed by atoms with Gasteiger partial charge in [-0.05, 0) is 12.8 Å². The van der Waals surface area contributed by atoms with Crippen LogP contribution >= 0.6 is 0 Å². The van der Waals surface area contributed by atoms with Crippen LogP contribution in [0.15, 0.2) is 0 Å². The van der Waals surface area contributed by atoms with E-state index in [1.807, 2.05) is 0 Å². The smallest absolute Gasteiger partial charge is 1.00 e. The molecule has 0 heterocycles. The summed E-state index contributed by atoms with van der Waals surface area (Å²) >= 11 is 0. The van der Waals surface area contributed by atoms with Crippen LogP contribution in [0.4, 0.5) is 0 Å². The zero-order chi connectivity index (χ0) is 19.3. The van der Waals surface area contributed by atoms with Gasteiger partial charge in [-0.15, -0.1) is 0 Å². The number of carbonyl (C=O) groups excluding carboxylic acids is 2. The first kappa shape index (κ1) is 29.1. The average molecular weight is 395 g/mol. The topological polar surface area (TPSA) is 52.6 Å². The van der Waals surface area contributed by atoms with Crippen molar-refractivity contribution in [3.63, 3.8) is 0 Å². The summed E-state index contributed by atoms with van der Waals surface area (Å²) in [5, 5.41) is 0. The molecule has 0 saturated heterocycles. The first-order valence-corrected chi connectivity index (χ1v) is 11.0. The monoisotopic (exact) mass is 394 g/mol. The molecule has 0 bridgehead atoms. The van der Waals surface area contributed by atoms with Crippen LogP contribution in [0.2, 0.25) is 0 Å². The van der Waals surface area contributed by atoms with Gasteiger partial charge in [0.05, 0.1) is 26.1 Å². The summed E-state index contributed by atoms with van der Waals surface area (Å²) in [6.45, 7) is 5.37. The molecule has 0 aromatic heterocycles. The molecule has 5 heteroatoms. The van der Waals surface area contributed by atoms with Gasteiger partial charge in [0, 0.05) is 0 Å². The Morgan fingerprint density at radius 2 is 0.852 bits per heavy atom. The molecule has 0 rings (SSSR count). The first-order chi connectivity index (χ1) is 12.7. The second-order valence-electron chi connectivity index (χ2n) is 7.18. The van der Waals surface area contributed by atoms with E-state index in [2.05, 4.69) is 13.8 Å². The molecular formula is C22H43NaO4. The van der Waals surface area contributed by atoms with Gasteiger partial charge in [0.15, 0.2) is 0 Å². The van der Waals surface area contributed by atoms with Gasteiger partial charge < -0.3 is 10.9 Å². The molecule has 27 heavy (non-hydrogen) atoms. The molecule has 0 aliphatic carbocycles. The molecular weight excluding hydrogens is 351 g/mol. The quantitative estimate of drug-likeness (QED) is 0.191. The Hall–Kier alpha value is -0.0600. The third-order valence-corrected chi connectivity index (χ3v) is 4.56. The molecule has 0 N–H and O–H groups in total. The maximum atomic E-state index is 11.6. The molecule has 0 aliphatic rings. The second kappa shape index (κ2) is 24.0. The molecule has 0 aromatic rings. The molecule has 0 spiro atoms. The van der Waals surface area contributed by atoms with Crippen molar-refractivity contribution in [2.24, 2.45) is 0 Å². The van der Waals surface area contributed by atoms with Crippen molar-refractivity contribution in [1.29, 1.82) is 0 Å². The molecule has 0 saturated carbocycles. The fraction of sp³-hybridized carbons (Fsp3) is 0.909. The number of hydrogen-bond acceptors (Lipinski definition) is 4. The number of rotatable bonds is 19. The normalized spacial score (nSPS) is 10.3. The molecule has 156 valence electrons. The van der Waals surface area contributed by atoms with E-state index in [0.717, 1.165) is 25.7 Å². The van der Waals surface area contributed by atoms with E-state index in [9.17, 15) is 9.59 Å². The van der Waals surface area contributed by atoms with E-state index in [0.29, 0.717) is 13.2 Å². The van der Waals surface area contributed by atoms with Crippen LogP contribution in [0, 0.1) is 0 Å². The summed E-state index contributed by atoms with van der Waals surface area (Å²) in [5.74, 6) is -0.576. The van der Waals surface area contributed by atoms with E-state index in [-0.39, 0.29) is 55.8 Å². The molecule has 4 nitrogen and oxygen atoms in total. The predicted molar refractivity (Wildman–Crippen MR) is 108 cm³/mol. The van der Waals surface area contributed by atoms with Crippen molar-refractivity contribution in [3.05, 3.63) is 0 Å². The Morgan fingerprint density at radius 1 is 0.556 bits per heavy atom. The van der Waals surface area contributed by atoms with Crippen LogP contribution in [0.25, 0.3) is 0 Å². The van der Waals surface area contributed by atoms with Crippen LogP contribution < -0.4 is 29.6 Å². The zero-order valence-corrected chi connectivity index (χ0v) is 20.4. The molecule has 0 fully saturated rings. The van der Waals surface area contributed by atoms with E-state index in [1.165, 1.54) is 64.2 Å². The second-order valence-corrected chi connectivity index (χ2v) is 7.18. The minimum Gasteiger partial charge on any atom is -1.00 e. The van der Waals surface area contributed by atoms with E-state index < -0.39 is 0 Å². The molecule has 0 radical (unpaired) electrons.